The molecule has 27 heavy (non-hydrogen) atoms. The molecule has 6 heteroatoms. The van der Waals surface area contributed by atoms with Crippen LogP contribution >= 0.6 is 23.2 Å². The third-order valence-electron chi connectivity index (χ3n) is 4.90. The molecule has 0 saturated carbocycles. The Morgan fingerprint density at radius 2 is 1.78 bits per heavy atom. The maximum absolute atomic E-state index is 6.32. The predicted octanol–water partition coefficient (Wildman–Crippen LogP) is 5.63. The maximum Gasteiger partial charge on any atom is 0.213 e. The van der Waals surface area contributed by atoms with Crippen molar-refractivity contribution in [3.63, 3.8) is 0 Å². The molecule has 0 fully saturated rings. The largest absolute Gasteiger partial charge is 0.464 e. The first-order chi connectivity index (χ1) is 13.2. The molecule has 2 aliphatic heterocycles. The summed E-state index contributed by atoms with van der Waals surface area (Å²) in [6, 6.07) is 17.5. The first-order valence-corrected chi connectivity index (χ1v) is 9.42. The van der Waals surface area contributed by atoms with Gasteiger partial charge in [-0.05, 0) is 42.5 Å². The Kier molecular flexibility index (Phi) is 4.03. The number of fused-ring (bicyclic) bond motifs is 3. The van der Waals surface area contributed by atoms with E-state index in [0.29, 0.717) is 10.0 Å². The van der Waals surface area contributed by atoms with Crippen molar-refractivity contribution in [2.75, 3.05) is 0 Å². The van der Waals surface area contributed by atoms with Crippen LogP contribution in [-0.2, 0) is 0 Å². The molecule has 2 atom stereocenters. The lowest BCUT2D eigenvalue weighted by molar-refractivity contribution is -0.0190. The van der Waals surface area contributed by atoms with E-state index in [9.17, 15) is 0 Å². The van der Waals surface area contributed by atoms with Gasteiger partial charge in [0.25, 0.3) is 0 Å². The van der Waals surface area contributed by atoms with Crippen LogP contribution in [-0.4, -0.2) is 15.7 Å². The fourth-order valence-corrected chi connectivity index (χ4v) is 4.04. The lowest BCUT2D eigenvalue weighted by atomic mass is 9.96. The van der Waals surface area contributed by atoms with Crippen LogP contribution in [0, 0.1) is 0 Å². The second-order valence-electron chi connectivity index (χ2n) is 6.59. The van der Waals surface area contributed by atoms with Gasteiger partial charge in [-0.1, -0.05) is 35.3 Å². The van der Waals surface area contributed by atoms with Gasteiger partial charge in [0.05, 0.1) is 11.8 Å². The van der Waals surface area contributed by atoms with E-state index in [0.717, 1.165) is 34.6 Å². The van der Waals surface area contributed by atoms with Gasteiger partial charge >= 0.3 is 0 Å². The molecular formula is C21H15Cl2N3O. The van der Waals surface area contributed by atoms with Crippen molar-refractivity contribution in [1.82, 2.24) is 9.99 Å². The molecule has 0 spiro atoms. The van der Waals surface area contributed by atoms with Gasteiger partial charge in [0.2, 0.25) is 6.23 Å². The van der Waals surface area contributed by atoms with Crippen LogP contribution in [0.3, 0.4) is 0 Å². The van der Waals surface area contributed by atoms with E-state index in [1.807, 2.05) is 59.6 Å². The van der Waals surface area contributed by atoms with Crippen molar-refractivity contribution in [3.05, 3.63) is 93.7 Å². The monoisotopic (exact) mass is 395 g/mol. The first kappa shape index (κ1) is 16.6. The molecule has 0 saturated heterocycles. The van der Waals surface area contributed by atoms with Crippen molar-refractivity contribution in [2.24, 2.45) is 5.10 Å². The fraction of sp³-hybridized carbons (Fsp3) is 0.143. The second-order valence-corrected chi connectivity index (χ2v) is 7.46. The minimum atomic E-state index is -0.346. The third-order valence-corrected chi connectivity index (χ3v) is 5.37. The summed E-state index contributed by atoms with van der Waals surface area (Å²) in [5.74, 6) is 0.830. The van der Waals surface area contributed by atoms with Crippen molar-refractivity contribution < 1.29 is 4.74 Å². The molecule has 3 heterocycles. The number of hydrazone groups is 1. The minimum Gasteiger partial charge on any atom is -0.464 e. The van der Waals surface area contributed by atoms with Crippen LogP contribution < -0.4 is 4.74 Å². The Balaban J connectivity index is 1.62. The van der Waals surface area contributed by atoms with Crippen LogP contribution in [0.25, 0.3) is 0 Å². The summed E-state index contributed by atoms with van der Waals surface area (Å²) in [6.07, 6.45) is 4.00. The number of halogens is 2. The average Bonchev–Trinajstić information content (AvgIpc) is 3.14. The zero-order valence-corrected chi connectivity index (χ0v) is 15.7. The number of hydrogen-bond acceptors (Lipinski definition) is 4. The highest BCUT2D eigenvalue weighted by Gasteiger charge is 2.41. The van der Waals surface area contributed by atoms with E-state index in [1.54, 1.807) is 12.4 Å². The lowest BCUT2D eigenvalue weighted by Crippen LogP contribution is -2.33. The molecule has 134 valence electrons. The second kappa shape index (κ2) is 6.55. The topological polar surface area (TPSA) is 37.7 Å². The van der Waals surface area contributed by atoms with Gasteiger partial charge in [-0.2, -0.15) is 5.10 Å². The van der Waals surface area contributed by atoms with Gasteiger partial charge in [-0.15, -0.1) is 0 Å². The highest BCUT2D eigenvalue weighted by molar-refractivity contribution is 6.31. The molecule has 0 N–H and O–H groups in total. The molecule has 2 aromatic carbocycles. The minimum absolute atomic E-state index is 0.0552. The van der Waals surface area contributed by atoms with E-state index in [-0.39, 0.29) is 12.3 Å². The summed E-state index contributed by atoms with van der Waals surface area (Å²) < 4.78 is 6.32. The van der Waals surface area contributed by atoms with Crippen molar-refractivity contribution in [2.45, 2.75) is 18.7 Å². The van der Waals surface area contributed by atoms with Crippen LogP contribution in [0.15, 0.2) is 72.1 Å². The van der Waals surface area contributed by atoms with Crippen molar-refractivity contribution >= 4 is 28.9 Å². The average molecular weight is 396 g/mol. The van der Waals surface area contributed by atoms with E-state index < -0.39 is 0 Å². The van der Waals surface area contributed by atoms with E-state index in [2.05, 4.69) is 4.98 Å². The predicted molar refractivity (Wildman–Crippen MR) is 106 cm³/mol. The molecule has 3 aromatic rings. The highest BCUT2D eigenvalue weighted by atomic mass is 35.5. The first-order valence-electron chi connectivity index (χ1n) is 8.67. The molecule has 0 bridgehead atoms. The Hall–Kier alpha value is -2.56. The summed E-state index contributed by atoms with van der Waals surface area (Å²) in [5, 5.41) is 8.29. The summed E-state index contributed by atoms with van der Waals surface area (Å²) in [7, 11) is 0. The Labute approximate surface area is 167 Å². The molecule has 0 aliphatic carbocycles. The van der Waals surface area contributed by atoms with Gasteiger partial charge in [0, 0.05) is 45.6 Å². The molecule has 0 unspecified atom stereocenters. The number of nitrogens with zero attached hydrogens (tertiary/aromatic N) is 3. The van der Waals surface area contributed by atoms with Crippen molar-refractivity contribution in [3.8, 4) is 5.75 Å². The number of aromatic nitrogens is 1. The Bertz CT molecular complexity index is 1040. The molecular weight excluding hydrogens is 381 g/mol. The van der Waals surface area contributed by atoms with Gasteiger partial charge in [-0.25, -0.2) is 5.01 Å². The molecule has 2 aliphatic rings. The number of hydrogen-bond donors (Lipinski definition) is 0. The molecule has 1 aromatic heterocycles. The summed E-state index contributed by atoms with van der Waals surface area (Å²) in [4.78, 5) is 4.10. The Morgan fingerprint density at radius 3 is 2.59 bits per heavy atom. The SMILES string of the molecule is Clc1cccc([C@@H]2Oc3ccc(Cl)cc3[C@@H]3CC(c4ccncc4)=NN32)c1. The van der Waals surface area contributed by atoms with Crippen molar-refractivity contribution in [1.29, 1.82) is 0 Å². The van der Waals surface area contributed by atoms with E-state index >= 15 is 0 Å². The maximum atomic E-state index is 6.32. The zero-order chi connectivity index (χ0) is 18.4. The van der Waals surface area contributed by atoms with E-state index in [1.165, 1.54) is 0 Å². The number of benzene rings is 2. The smallest absolute Gasteiger partial charge is 0.213 e. The van der Waals surface area contributed by atoms with Gasteiger partial charge < -0.3 is 4.74 Å². The number of rotatable bonds is 2. The lowest BCUT2D eigenvalue weighted by Gasteiger charge is -2.38. The molecule has 4 nitrogen and oxygen atoms in total. The van der Waals surface area contributed by atoms with Gasteiger partial charge in [-0.3, -0.25) is 4.98 Å². The highest BCUT2D eigenvalue weighted by Crippen LogP contribution is 2.48. The summed E-state index contributed by atoms with van der Waals surface area (Å²) in [5.41, 5.74) is 4.08. The standard InChI is InChI=1S/C21H15Cl2N3O/c22-15-3-1-2-14(10-15)21-26-19(17-11-16(23)4-5-20(17)27-21)12-18(25-26)13-6-8-24-9-7-13/h1-11,19,21H,12H2/t19-,21-/m0/s1. The van der Waals surface area contributed by atoms with Crippen LogP contribution in [0.5, 0.6) is 5.75 Å². The molecule has 0 amide bonds. The van der Waals surface area contributed by atoms with Crippen LogP contribution in [0.1, 0.15) is 35.4 Å². The molecule has 5 rings (SSSR count). The normalized spacial score (nSPS) is 20.5. The summed E-state index contributed by atoms with van der Waals surface area (Å²) in [6.45, 7) is 0. The zero-order valence-electron chi connectivity index (χ0n) is 14.2. The summed E-state index contributed by atoms with van der Waals surface area (Å²) >= 11 is 12.5. The van der Waals surface area contributed by atoms with Crippen LogP contribution in [0.2, 0.25) is 10.0 Å². The quantitative estimate of drug-likeness (QED) is 0.563. The van der Waals surface area contributed by atoms with Gasteiger partial charge in [0.15, 0.2) is 0 Å². The fourth-order valence-electron chi connectivity index (χ4n) is 3.66. The van der Waals surface area contributed by atoms with Crippen LogP contribution in [0.4, 0.5) is 0 Å². The number of ether oxygens (including phenoxy) is 1. The number of pyridine rings is 1. The van der Waals surface area contributed by atoms with Gasteiger partial charge in [0.1, 0.15) is 5.75 Å². The molecule has 0 radical (unpaired) electrons. The Morgan fingerprint density at radius 1 is 0.963 bits per heavy atom. The third kappa shape index (κ3) is 2.95. The van der Waals surface area contributed by atoms with E-state index in [4.69, 9.17) is 33.0 Å².